The maximum atomic E-state index is 5.95. The number of oxazole rings is 1. The van der Waals surface area contributed by atoms with E-state index in [0.29, 0.717) is 12.4 Å². The van der Waals surface area contributed by atoms with Crippen molar-refractivity contribution in [3.05, 3.63) is 60.0 Å². The van der Waals surface area contributed by atoms with Crippen LogP contribution in [-0.2, 0) is 6.54 Å². The first kappa shape index (κ1) is 15.4. The van der Waals surface area contributed by atoms with Gasteiger partial charge >= 0.3 is 0 Å². The molecule has 6 nitrogen and oxygen atoms in total. The van der Waals surface area contributed by atoms with Gasteiger partial charge in [-0.3, -0.25) is 0 Å². The number of hydrogen-bond acceptors (Lipinski definition) is 5. The summed E-state index contributed by atoms with van der Waals surface area (Å²) in [6, 6.07) is 12.0. The fourth-order valence-corrected chi connectivity index (χ4v) is 2.94. The monoisotopic (exact) mass is 334 g/mol. The van der Waals surface area contributed by atoms with Gasteiger partial charge in [0.15, 0.2) is 0 Å². The number of aromatic nitrogens is 4. The molecule has 0 saturated heterocycles. The summed E-state index contributed by atoms with van der Waals surface area (Å²) in [5.74, 6) is 2.95. The normalized spacial score (nSPS) is 11.2. The Morgan fingerprint density at radius 3 is 2.60 bits per heavy atom. The Balaban J connectivity index is 1.78. The number of benzene rings is 2. The van der Waals surface area contributed by atoms with Crippen LogP contribution in [0.5, 0.6) is 5.75 Å². The second-order valence-electron chi connectivity index (χ2n) is 5.87. The maximum absolute atomic E-state index is 5.95. The van der Waals surface area contributed by atoms with Crippen LogP contribution < -0.4 is 4.74 Å². The van der Waals surface area contributed by atoms with Gasteiger partial charge in [-0.05, 0) is 31.4 Å². The molecule has 2 heterocycles. The van der Waals surface area contributed by atoms with E-state index in [1.807, 2.05) is 50.2 Å². The fraction of sp³-hybridized carbons (Fsp3) is 0.211. The largest absolute Gasteiger partial charge is 0.496 e. The minimum atomic E-state index is 0.532. The van der Waals surface area contributed by atoms with Crippen LogP contribution in [0.15, 0.2) is 47.1 Å². The molecule has 0 spiro atoms. The number of fused-ring (bicyclic) bond motifs is 1. The highest BCUT2D eigenvalue weighted by Gasteiger charge is 2.16. The molecule has 4 aromatic rings. The van der Waals surface area contributed by atoms with Gasteiger partial charge in [0.05, 0.1) is 13.7 Å². The van der Waals surface area contributed by atoms with Crippen molar-refractivity contribution in [1.82, 2.24) is 19.7 Å². The van der Waals surface area contributed by atoms with Crippen LogP contribution in [-0.4, -0.2) is 26.9 Å². The molecule has 126 valence electrons. The molecule has 6 heteroatoms. The van der Waals surface area contributed by atoms with Gasteiger partial charge in [-0.15, -0.1) is 0 Å². The second-order valence-corrected chi connectivity index (χ2v) is 5.87. The Hall–Kier alpha value is -3.15. The van der Waals surface area contributed by atoms with Gasteiger partial charge in [0, 0.05) is 10.9 Å². The van der Waals surface area contributed by atoms with Crippen molar-refractivity contribution < 1.29 is 9.15 Å². The highest BCUT2D eigenvalue weighted by atomic mass is 16.5. The smallest absolute Gasteiger partial charge is 0.227 e. The molecular formula is C19H18N4O2. The minimum absolute atomic E-state index is 0.532. The summed E-state index contributed by atoms with van der Waals surface area (Å²) < 4.78 is 13.2. The van der Waals surface area contributed by atoms with Gasteiger partial charge in [0.1, 0.15) is 29.4 Å². The average Bonchev–Trinajstić information content (AvgIpc) is 3.20. The molecular weight excluding hydrogens is 316 g/mol. The number of rotatable bonds is 4. The van der Waals surface area contributed by atoms with Gasteiger partial charge in [-0.25, -0.2) is 14.6 Å². The molecule has 0 unspecified atom stereocenters. The van der Waals surface area contributed by atoms with Crippen molar-refractivity contribution in [3.63, 3.8) is 0 Å². The van der Waals surface area contributed by atoms with Crippen LogP contribution >= 0.6 is 0 Å². The lowest BCUT2D eigenvalue weighted by Crippen LogP contribution is -2.02. The third-order valence-corrected chi connectivity index (χ3v) is 4.19. The van der Waals surface area contributed by atoms with Crippen LogP contribution in [0.4, 0.5) is 0 Å². The lowest BCUT2D eigenvalue weighted by Gasteiger charge is -2.08. The minimum Gasteiger partial charge on any atom is -0.496 e. The molecule has 0 saturated carbocycles. The summed E-state index contributed by atoms with van der Waals surface area (Å²) in [6.45, 7) is 4.31. The summed E-state index contributed by atoms with van der Waals surface area (Å²) in [5, 5.41) is 6.39. The second kappa shape index (κ2) is 6.05. The van der Waals surface area contributed by atoms with Crippen molar-refractivity contribution >= 4 is 10.8 Å². The molecule has 0 aliphatic rings. The number of nitrogens with zero attached hydrogens (tertiary/aromatic N) is 4. The highest BCUT2D eigenvalue weighted by molar-refractivity contribution is 5.98. The average molecular weight is 334 g/mol. The molecule has 2 aromatic carbocycles. The number of methoxy groups -OCH3 is 1. The van der Waals surface area contributed by atoms with Crippen LogP contribution in [0, 0.1) is 13.8 Å². The van der Waals surface area contributed by atoms with Crippen LogP contribution in [0.25, 0.3) is 22.2 Å². The van der Waals surface area contributed by atoms with Gasteiger partial charge in [0.25, 0.3) is 0 Å². The molecule has 2 aromatic heterocycles. The molecule has 4 rings (SSSR count). The molecule has 0 atom stereocenters. The molecule has 25 heavy (non-hydrogen) atoms. The fourth-order valence-electron chi connectivity index (χ4n) is 2.94. The van der Waals surface area contributed by atoms with E-state index in [2.05, 4.69) is 10.1 Å². The first-order valence-electron chi connectivity index (χ1n) is 8.04. The standard InChI is InChI=1S/C19H18N4O2/c1-12-17(10-23-11-20-13(2)22-23)21-19(25-12)16-8-9-18(24-3)15-7-5-4-6-14(15)16/h4-9,11H,10H2,1-3H3. The summed E-state index contributed by atoms with van der Waals surface area (Å²) >= 11 is 0. The first-order valence-corrected chi connectivity index (χ1v) is 8.04. The summed E-state index contributed by atoms with van der Waals surface area (Å²) in [6.07, 6.45) is 1.70. The summed E-state index contributed by atoms with van der Waals surface area (Å²) in [4.78, 5) is 8.84. The Labute approximate surface area is 145 Å². The predicted octanol–water partition coefficient (Wildman–Crippen LogP) is 3.76. The molecule has 0 aliphatic carbocycles. The zero-order valence-electron chi connectivity index (χ0n) is 14.4. The molecule has 0 fully saturated rings. The van der Waals surface area contributed by atoms with Crippen LogP contribution in [0.1, 0.15) is 17.3 Å². The van der Waals surface area contributed by atoms with E-state index >= 15 is 0 Å². The van der Waals surface area contributed by atoms with E-state index in [9.17, 15) is 0 Å². The van der Waals surface area contributed by atoms with Gasteiger partial charge < -0.3 is 9.15 Å². The SMILES string of the molecule is COc1ccc(-c2nc(Cn3cnc(C)n3)c(C)o2)c2ccccc12. The highest BCUT2D eigenvalue weighted by Crippen LogP contribution is 2.34. The van der Waals surface area contributed by atoms with E-state index in [-0.39, 0.29) is 0 Å². The van der Waals surface area contributed by atoms with Crippen molar-refractivity contribution in [2.45, 2.75) is 20.4 Å². The zero-order chi connectivity index (χ0) is 17.4. The van der Waals surface area contributed by atoms with E-state index in [4.69, 9.17) is 14.1 Å². The summed E-state index contributed by atoms with van der Waals surface area (Å²) in [7, 11) is 1.68. The van der Waals surface area contributed by atoms with E-state index in [1.165, 1.54) is 0 Å². The van der Waals surface area contributed by atoms with Crippen molar-refractivity contribution in [3.8, 4) is 17.2 Å². The lowest BCUT2D eigenvalue weighted by molar-refractivity contribution is 0.420. The number of ether oxygens (including phenoxy) is 1. The Bertz CT molecular complexity index is 1050. The molecule has 0 aliphatic heterocycles. The molecule has 0 bridgehead atoms. The van der Waals surface area contributed by atoms with Crippen molar-refractivity contribution in [1.29, 1.82) is 0 Å². The Morgan fingerprint density at radius 2 is 1.88 bits per heavy atom. The zero-order valence-corrected chi connectivity index (χ0v) is 14.4. The van der Waals surface area contributed by atoms with Crippen LogP contribution in [0.3, 0.4) is 0 Å². The number of hydrogen-bond donors (Lipinski definition) is 0. The van der Waals surface area contributed by atoms with Gasteiger partial charge in [-0.2, -0.15) is 5.10 Å². The summed E-state index contributed by atoms with van der Waals surface area (Å²) in [5.41, 5.74) is 1.79. The quantitative estimate of drug-likeness (QED) is 0.568. The van der Waals surface area contributed by atoms with Crippen molar-refractivity contribution in [2.24, 2.45) is 0 Å². The maximum Gasteiger partial charge on any atom is 0.227 e. The topological polar surface area (TPSA) is 66.0 Å². The number of aryl methyl sites for hydroxylation is 2. The van der Waals surface area contributed by atoms with Gasteiger partial charge in [0.2, 0.25) is 5.89 Å². The predicted molar refractivity (Wildman–Crippen MR) is 94.6 cm³/mol. The molecule has 0 N–H and O–H groups in total. The van der Waals surface area contributed by atoms with E-state index in [1.54, 1.807) is 18.1 Å². The van der Waals surface area contributed by atoms with E-state index in [0.717, 1.165) is 39.4 Å². The van der Waals surface area contributed by atoms with Crippen molar-refractivity contribution in [2.75, 3.05) is 7.11 Å². The van der Waals surface area contributed by atoms with E-state index < -0.39 is 0 Å². The third kappa shape index (κ3) is 2.76. The lowest BCUT2D eigenvalue weighted by atomic mass is 10.0. The van der Waals surface area contributed by atoms with Crippen LogP contribution in [0.2, 0.25) is 0 Å². The molecule has 0 amide bonds. The molecule has 0 radical (unpaired) electrons. The first-order chi connectivity index (χ1) is 12.2. The Morgan fingerprint density at radius 1 is 1.08 bits per heavy atom. The Kier molecular flexibility index (Phi) is 3.72. The third-order valence-electron chi connectivity index (χ3n) is 4.19. The van der Waals surface area contributed by atoms with Gasteiger partial charge in [-0.1, -0.05) is 24.3 Å².